The second-order valence-corrected chi connectivity index (χ2v) is 3.22. The third-order valence-corrected chi connectivity index (χ3v) is 1.64. The highest BCUT2D eigenvalue weighted by Crippen LogP contribution is 2.09. The van der Waals surface area contributed by atoms with E-state index in [1.165, 1.54) is 24.3 Å². The molecule has 64 valence electrons. The lowest BCUT2D eigenvalue weighted by molar-refractivity contribution is 0.0936. The van der Waals surface area contributed by atoms with Gasteiger partial charge in [0.1, 0.15) is 5.82 Å². The van der Waals surface area contributed by atoms with Crippen molar-refractivity contribution in [3.8, 4) is 0 Å². The van der Waals surface area contributed by atoms with Crippen LogP contribution in [-0.4, -0.2) is 9.62 Å². The van der Waals surface area contributed by atoms with E-state index in [1.54, 1.807) is 0 Å². The Hall–Kier alpha value is -0.680. The summed E-state index contributed by atoms with van der Waals surface area (Å²) in [5.41, 5.74) is 0.349. The van der Waals surface area contributed by atoms with Gasteiger partial charge >= 0.3 is 0 Å². The Bertz CT molecular complexity index is 286. The molecule has 0 spiro atoms. The van der Waals surface area contributed by atoms with E-state index in [9.17, 15) is 9.18 Å². The third kappa shape index (κ3) is 2.15. The van der Waals surface area contributed by atoms with Gasteiger partial charge in [0.2, 0.25) is 0 Å². The van der Waals surface area contributed by atoms with Crippen molar-refractivity contribution in [3.63, 3.8) is 0 Å². The Labute approximate surface area is 80.5 Å². The minimum absolute atomic E-state index is 0.349. The van der Waals surface area contributed by atoms with Gasteiger partial charge < -0.3 is 0 Å². The molecule has 0 saturated heterocycles. The number of thiol groups is 2. The topological polar surface area (TPSA) is 20.3 Å². The van der Waals surface area contributed by atoms with Gasteiger partial charge in [-0.3, -0.25) is 4.79 Å². The molecule has 1 aromatic rings. The molecule has 0 aromatic heterocycles. The van der Waals surface area contributed by atoms with E-state index in [0.717, 1.165) is 3.71 Å². The van der Waals surface area contributed by atoms with Crippen molar-refractivity contribution in [2.24, 2.45) is 0 Å². The highest BCUT2D eigenvalue weighted by atomic mass is 32.2. The third-order valence-electron chi connectivity index (χ3n) is 1.27. The van der Waals surface area contributed by atoms with Gasteiger partial charge in [0.15, 0.2) is 0 Å². The molecule has 0 unspecified atom stereocenters. The van der Waals surface area contributed by atoms with Crippen LogP contribution in [0.2, 0.25) is 0 Å². The number of hydrogen-bond acceptors (Lipinski definition) is 3. The van der Waals surface area contributed by atoms with Gasteiger partial charge in [0, 0.05) is 5.56 Å². The molecule has 0 aliphatic carbocycles. The van der Waals surface area contributed by atoms with Crippen molar-refractivity contribution in [2.45, 2.75) is 0 Å². The molecule has 2 nitrogen and oxygen atoms in total. The van der Waals surface area contributed by atoms with Gasteiger partial charge in [-0.2, -0.15) is 0 Å². The van der Waals surface area contributed by atoms with Gasteiger partial charge in [-0.15, -0.1) is 0 Å². The highest BCUT2D eigenvalue weighted by molar-refractivity contribution is 7.94. The molecule has 1 amide bonds. The standard InChI is InChI=1S/C7H6FNOS2/c8-6-3-1-5(2-4-6)7(10)9(11)12/h1-4,11-12H. The summed E-state index contributed by atoms with van der Waals surface area (Å²) in [6.07, 6.45) is 0. The Balaban J connectivity index is 2.90. The average molecular weight is 203 g/mol. The first-order valence-electron chi connectivity index (χ1n) is 3.09. The van der Waals surface area contributed by atoms with Gasteiger partial charge in [-0.05, 0) is 24.3 Å². The summed E-state index contributed by atoms with van der Waals surface area (Å²) < 4.78 is 13.2. The lowest BCUT2D eigenvalue weighted by atomic mass is 10.2. The lowest BCUT2D eigenvalue weighted by Gasteiger charge is -2.05. The number of carbonyl (C=O) groups is 1. The molecule has 0 atom stereocenters. The molecule has 0 N–H and O–H groups in total. The largest absolute Gasteiger partial charge is 0.273 e. The van der Waals surface area contributed by atoms with Crippen LogP contribution in [0, 0.1) is 5.82 Å². The number of nitrogens with zero attached hydrogens (tertiary/aromatic N) is 1. The minimum Gasteiger partial charge on any atom is -0.267 e. The first-order chi connectivity index (χ1) is 5.61. The Kier molecular flexibility index (Phi) is 2.99. The van der Waals surface area contributed by atoms with E-state index in [4.69, 9.17) is 0 Å². The van der Waals surface area contributed by atoms with Crippen LogP contribution in [-0.2, 0) is 0 Å². The smallest absolute Gasteiger partial charge is 0.267 e. The van der Waals surface area contributed by atoms with Gasteiger partial charge in [0.05, 0.1) is 0 Å². The molecule has 5 heteroatoms. The summed E-state index contributed by atoms with van der Waals surface area (Å²) >= 11 is 7.37. The molecule has 12 heavy (non-hydrogen) atoms. The summed E-state index contributed by atoms with van der Waals surface area (Å²) in [4.78, 5) is 11.1. The van der Waals surface area contributed by atoms with Crippen LogP contribution >= 0.6 is 25.6 Å². The molecule has 0 aliphatic heterocycles. The summed E-state index contributed by atoms with van der Waals surface area (Å²) in [6, 6.07) is 5.16. The highest BCUT2D eigenvalue weighted by Gasteiger charge is 2.08. The number of halogens is 1. The van der Waals surface area contributed by atoms with E-state index in [1.807, 2.05) is 0 Å². The molecule has 1 aromatic carbocycles. The fourth-order valence-corrected chi connectivity index (χ4v) is 0.939. The second kappa shape index (κ2) is 3.82. The molecular weight excluding hydrogens is 197 g/mol. The van der Waals surface area contributed by atoms with Crippen molar-refractivity contribution in [3.05, 3.63) is 35.6 Å². The van der Waals surface area contributed by atoms with E-state index in [-0.39, 0.29) is 11.7 Å². The molecule has 0 radical (unpaired) electrons. The predicted octanol–water partition coefficient (Wildman–Crippen LogP) is 1.96. The zero-order valence-corrected chi connectivity index (χ0v) is 7.73. The summed E-state index contributed by atoms with van der Waals surface area (Å²) in [7, 11) is 0. The zero-order chi connectivity index (χ0) is 9.14. The number of amides is 1. The fourth-order valence-electron chi connectivity index (χ4n) is 0.708. The maximum absolute atomic E-state index is 12.4. The van der Waals surface area contributed by atoms with Gasteiger partial charge in [-0.25, -0.2) is 8.10 Å². The van der Waals surface area contributed by atoms with Crippen LogP contribution in [0.5, 0.6) is 0 Å². The molecule has 0 fully saturated rings. The summed E-state index contributed by atoms with van der Waals surface area (Å²) in [5.74, 6) is -0.766. The number of rotatable bonds is 1. The fraction of sp³-hybridized carbons (Fsp3) is 0. The van der Waals surface area contributed by atoms with E-state index >= 15 is 0 Å². The first kappa shape index (κ1) is 9.41. The SMILES string of the molecule is O=C(c1ccc(F)cc1)N(S)S. The molecular formula is C7H6FNOS2. The van der Waals surface area contributed by atoms with Crippen LogP contribution < -0.4 is 0 Å². The number of benzene rings is 1. The predicted molar refractivity (Wildman–Crippen MR) is 50.5 cm³/mol. The molecule has 0 aliphatic rings. The van der Waals surface area contributed by atoms with Crippen LogP contribution in [0.4, 0.5) is 4.39 Å². The Morgan fingerprint density at radius 3 is 2.17 bits per heavy atom. The molecule has 0 heterocycles. The summed E-state index contributed by atoms with van der Waals surface area (Å²) in [6.45, 7) is 0. The van der Waals surface area contributed by atoms with Crippen LogP contribution in [0.3, 0.4) is 0 Å². The normalized spacial score (nSPS) is 9.58. The zero-order valence-electron chi connectivity index (χ0n) is 5.94. The monoisotopic (exact) mass is 203 g/mol. The minimum atomic E-state index is -0.387. The van der Waals surface area contributed by atoms with Crippen molar-refractivity contribution < 1.29 is 9.18 Å². The van der Waals surface area contributed by atoms with Gasteiger partial charge in [-0.1, -0.05) is 25.6 Å². The van der Waals surface area contributed by atoms with Crippen LogP contribution in [0.25, 0.3) is 0 Å². The number of carbonyl (C=O) groups excluding carboxylic acids is 1. The lowest BCUT2D eigenvalue weighted by Crippen LogP contribution is -2.11. The summed E-state index contributed by atoms with van der Waals surface area (Å²) in [5, 5.41) is 0. The van der Waals surface area contributed by atoms with E-state index in [0.29, 0.717) is 5.56 Å². The Morgan fingerprint density at radius 2 is 1.75 bits per heavy atom. The van der Waals surface area contributed by atoms with Crippen molar-refractivity contribution in [1.82, 2.24) is 3.71 Å². The van der Waals surface area contributed by atoms with Crippen molar-refractivity contribution in [2.75, 3.05) is 0 Å². The average Bonchev–Trinajstić information content (AvgIpc) is 2.04. The second-order valence-electron chi connectivity index (χ2n) is 2.10. The van der Waals surface area contributed by atoms with Crippen LogP contribution in [0.15, 0.2) is 24.3 Å². The van der Waals surface area contributed by atoms with E-state index < -0.39 is 0 Å². The maximum Gasteiger partial charge on any atom is 0.273 e. The van der Waals surface area contributed by atoms with Crippen molar-refractivity contribution >= 4 is 31.5 Å². The molecule has 1 rings (SSSR count). The van der Waals surface area contributed by atoms with Crippen molar-refractivity contribution in [1.29, 1.82) is 0 Å². The van der Waals surface area contributed by atoms with E-state index in [2.05, 4.69) is 25.6 Å². The molecule has 0 saturated carbocycles. The number of hydrogen-bond donors (Lipinski definition) is 2. The molecule has 0 bridgehead atoms. The Morgan fingerprint density at radius 1 is 1.25 bits per heavy atom. The quantitative estimate of drug-likeness (QED) is 0.668. The van der Waals surface area contributed by atoms with Crippen LogP contribution in [0.1, 0.15) is 10.4 Å². The maximum atomic E-state index is 12.4. The first-order valence-corrected chi connectivity index (χ1v) is 3.89. The van der Waals surface area contributed by atoms with Gasteiger partial charge in [0.25, 0.3) is 5.91 Å².